The van der Waals surface area contributed by atoms with Gasteiger partial charge in [0, 0.05) is 20.5 Å². The van der Waals surface area contributed by atoms with Crippen LogP contribution in [0.2, 0.25) is 0 Å². The summed E-state index contributed by atoms with van der Waals surface area (Å²) in [5, 5.41) is 1.07. The number of nitrogens with two attached hydrogens (primary N) is 1. The van der Waals surface area contributed by atoms with Gasteiger partial charge in [-0.25, -0.2) is 0 Å². The second kappa shape index (κ2) is 4.85. The van der Waals surface area contributed by atoms with E-state index in [0.29, 0.717) is 6.42 Å². The van der Waals surface area contributed by atoms with Gasteiger partial charge in [-0.2, -0.15) is 5.06 Å². The summed E-state index contributed by atoms with van der Waals surface area (Å²) >= 11 is 0. The monoisotopic (exact) mass is 258 g/mol. The van der Waals surface area contributed by atoms with Gasteiger partial charge in [0.15, 0.2) is 0 Å². The molecule has 0 aromatic rings. The summed E-state index contributed by atoms with van der Waals surface area (Å²) in [4.78, 5) is 28.4. The molecule has 6 heteroatoms. The van der Waals surface area contributed by atoms with Gasteiger partial charge >= 0.3 is 5.97 Å². The van der Waals surface area contributed by atoms with Crippen LogP contribution in [0.15, 0.2) is 0 Å². The molecule has 0 saturated carbocycles. The van der Waals surface area contributed by atoms with Gasteiger partial charge < -0.3 is 15.3 Å². The molecule has 1 saturated heterocycles. The third-order valence-corrected chi connectivity index (χ3v) is 3.40. The number of hydrogen-bond acceptors (Lipinski definition) is 5. The first-order valence-corrected chi connectivity index (χ1v) is 5.93. The van der Waals surface area contributed by atoms with Crippen LogP contribution in [0, 0.1) is 5.41 Å². The highest BCUT2D eigenvalue weighted by molar-refractivity contribution is 5.90. The number of ether oxygens (including phenoxy) is 1. The van der Waals surface area contributed by atoms with Crippen molar-refractivity contribution >= 4 is 11.9 Å². The summed E-state index contributed by atoms with van der Waals surface area (Å²) in [6.07, 6.45) is 0.399. The zero-order valence-electron chi connectivity index (χ0n) is 11.6. The Bertz CT molecular complexity index is 350. The number of hydrogen-bond donors (Lipinski definition) is 1. The largest absolute Gasteiger partial charge is 0.382 e. The maximum absolute atomic E-state index is 12.4. The van der Waals surface area contributed by atoms with Gasteiger partial charge in [0.25, 0.3) is 5.91 Å². The number of carbonyl (C=O) groups excluding carboxylic acids is 2. The van der Waals surface area contributed by atoms with Crippen molar-refractivity contribution in [3.05, 3.63) is 0 Å². The Labute approximate surface area is 107 Å². The molecular weight excluding hydrogens is 236 g/mol. The highest BCUT2D eigenvalue weighted by Crippen LogP contribution is 2.40. The van der Waals surface area contributed by atoms with Gasteiger partial charge in [-0.3, -0.25) is 9.59 Å². The predicted molar refractivity (Wildman–Crippen MR) is 65.3 cm³/mol. The van der Waals surface area contributed by atoms with Crippen LogP contribution in [-0.4, -0.2) is 42.2 Å². The van der Waals surface area contributed by atoms with Crippen LogP contribution in [0.1, 0.15) is 34.1 Å². The number of methoxy groups -OCH3 is 1. The predicted octanol–water partition coefficient (Wildman–Crippen LogP) is 0.455. The first kappa shape index (κ1) is 14.9. The second-order valence-corrected chi connectivity index (χ2v) is 5.75. The van der Waals surface area contributed by atoms with Crippen LogP contribution in [0.3, 0.4) is 0 Å². The second-order valence-electron chi connectivity index (χ2n) is 5.75. The molecule has 1 fully saturated rings. The fourth-order valence-corrected chi connectivity index (χ4v) is 2.10. The molecule has 0 bridgehead atoms. The summed E-state index contributed by atoms with van der Waals surface area (Å²) in [7, 11) is 1.53. The van der Waals surface area contributed by atoms with E-state index in [4.69, 9.17) is 15.3 Å². The van der Waals surface area contributed by atoms with Gasteiger partial charge in [0.1, 0.15) is 5.54 Å². The van der Waals surface area contributed by atoms with Crippen molar-refractivity contribution in [2.24, 2.45) is 11.1 Å². The fraction of sp³-hybridized carbons (Fsp3) is 0.833. The molecule has 18 heavy (non-hydrogen) atoms. The molecular formula is C12H22N2O4. The molecule has 1 heterocycles. The van der Waals surface area contributed by atoms with E-state index in [1.807, 2.05) is 20.8 Å². The highest BCUT2D eigenvalue weighted by atomic mass is 16.7. The van der Waals surface area contributed by atoms with Crippen molar-refractivity contribution in [1.29, 1.82) is 0 Å². The smallest absolute Gasteiger partial charge is 0.329 e. The normalized spacial score (nSPS) is 28.7. The molecule has 0 aromatic carbocycles. The van der Waals surface area contributed by atoms with Gasteiger partial charge in [0.2, 0.25) is 0 Å². The van der Waals surface area contributed by atoms with E-state index in [1.165, 1.54) is 14.0 Å². The summed E-state index contributed by atoms with van der Waals surface area (Å²) in [6.45, 7) is 7.23. The van der Waals surface area contributed by atoms with Crippen molar-refractivity contribution in [3.8, 4) is 0 Å². The lowest BCUT2D eigenvalue weighted by Crippen LogP contribution is -2.57. The Balaban J connectivity index is 3.03. The molecule has 0 unspecified atom stereocenters. The molecule has 1 rings (SSSR count). The van der Waals surface area contributed by atoms with Crippen molar-refractivity contribution < 1.29 is 19.2 Å². The van der Waals surface area contributed by atoms with Gasteiger partial charge in [0.05, 0.1) is 12.6 Å². The molecule has 2 atom stereocenters. The van der Waals surface area contributed by atoms with Crippen molar-refractivity contribution in [3.63, 3.8) is 0 Å². The molecule has 0 aliphatic carbocycles. The van der Waals surface area contributed by atoms with Crippen LogP contribution < -0.4 is 5.73 Å². The molecule has 0 aromatic heterocycles. The van der Waals surface area contributed by atoms with E-state index < -0.39 is 16.9 Å². The topological polar surface area (TPSA) is 81.9 Å². The minimum atomic E-state index is -1.05. The zero-order valence-corrected chi connectivity index (χ0v) is 11.6. The van der Waals surface area contributed by atoms with E-state index in [9.17, 15) is 9.59 Å². The van der Waals surface area contributed by atoms with Crippen molar-refractivity contribution in [2.75, 3.05) is 13.7 Å². The number of carbonyl (C=O) groups is 2. The Hall–Kier alpha value is -1.14. The maximum atomic E-state index is 12.4. The molecule has 1 aliphatic heterocycles. The zero-order chi connectivity index (χ0) is 14.1. The average Bonchev–Trinajstić information content (AvgIpc) is 2.43. The van der Waals surface area contributed by atoms with Crippen LogP contribution in [0.25, 0.3) is 0 Å². The van der Waals surface area contributed by atoms with Crippen LogP contribution >= 0.6 is 0 Å². The Morgan fingerprint density at radius 3 is 2.50 bits per heavy atom. The number of rotatable bonds is 3. The number of nitrogens with zero attached hydrogens (tertiary/aromatic N) is 1. The molecule has 0 radical (unpaired) electrons. The first-order valence-electron chi connectivity index (χ1n) is 5.93. The first-order chi connectivity index (χ1) is 8.13. The maximum Gasteiger partial charge on any atom is 0.329 e. The molecule has 1 aliphatic rings. The van der Waals surface area contributed by atoms with E-state index in [1.54, 1.807) is 0 Å². The third kappa shape index (κ3) is 2.49. The average molecular weight is 258 g/mol. The Kier molecular flexibility index (Phi) is 4.02. The lowest BCUT2D eigenvalue weighted by molar-refractivity contribution is -0.202. The quantitative estimate of drug-likeness (QED) is 0.795. The highest BCUT2D eigenvalue weighted by Gasteiger charge is 2.57. The van der Waals surface area contributed by atoms with Crippen molar-refractivity contribution in [2.45, 2.75) is 45.7 Å². The SMILES string of the molecule is COC[C@@H]1C[C@](N)(C(C)(C)C)C(=O)N1OC(C)=O. The van der Waals surface area contributed by atoms with Gasteiger partial charge in [-0.1, -0.05) is 20.8 Å². The molecule has 1 amide bonds. The summed E-state index contributed by atoms with van der Waals surface area (Å²) < 4.78 is 5.05. The summed E-state index contributed by atoms with van der Waals surface area (Å²) in [5.74, 6) is -0.908. The Morgan fingerprint density at radius 1 is 1.56 bits per heavy atom. The lowest BCUT2D eigenvalue weighted by Gasteiger charge is -2.35. The van der Waals surface area contributed by atoms with Gasteiger partial charge in [-0.15, -0.1) is 0 Å². The summed E-state index contributed by atoms with van der Waals surface area (Å²) in [6, 6.07) is -0.337. The third-order valence-electron chi connectivity index (χ3n) is 3.40. The number of amides is 1. The van der Waals surface area contributed by atoms with Gasteiger partial charge in [-0.05, 0) is 5.41 Å². The van der Waals surface area contributed by atoms with Crippen molar-refractivity contribution in [1.82, 2.24) is 5.06 Å². The standard InChI is InChI=1S/C12H22N2O4/c1-8(15)18-14-9(7-17-5)6-12(13,10(14)16)11(2,3)4/h9H,6-7,13H2,1-5H3/t9-,12+/m0/s1. The van der Waals surface area contributed by atoms with E-state index >= 15 is 0 Å². The van der Waals surface area contributed by atoms with Crippen LogP contribution in [0.5, 0.6) is 0 Å². The molecule has 6 nitrogen and oxygen atoms in total. The minimum Gasteiger partial charge on any atom is -0.382 e. The molecule has 104 valence electrons. The molecule has 0 spiro atoms. The number of hydroxylamine groups is 2. The van der Waals surface area contributed by atoms with E-state index in [0.717, 1.165) is 5.06 Å². The fourth-order valence-electron chi connectivity index (χ4n) is 2.10. The van der Waals surface area contributed by atoms with E-state index in [2.05, 4.69) is 0 Å². The molecule has 2 N–H and O–H groups in total. The minimum absolute atomic E-state index is 0.286. The van der Waals surface area contributed by atoms with Crippen LogP contribution in [-0.2, 0) is 19.2 Å². The van der Waals surface area contributed by atoms with Crippen LogP contribution in [0.4, 0.5) is 0 Å². The lowest BCUT2D eigenvalue weighted by atomic mass is 9.72. The summed E-state index contributed by atoms with van der Waals surface area (Å²) in [5.41, 5.74) is 4.75. The van der Waals surface area contributed by atoms with E-state index in [-0.39, 0.29) is 18.6 Å². The Morgan fingerprint density at radius 2 is 2.11 bits per heavy atom.